The summed E-state index contributed by atoms with van der Waals surface area (Å²) in [4.78, 5) is 11.0. The van der Waals surface area contributed by atoms with E-state index in [2.05, 4.69) is 33.4 Å². The molecule has 0 amide bonds. The van der Waals surface area contributed by atoms with Gasteiger partial charge in [0.15, 0.2) is 0 Å². The van der Waals surface area contributed by atoms with E-state index in [-0.39, 0.29) is 0 Å². The molecule has 2 heterocycles. The van der Waals surface area contributed by atoms with E-state index in [4.69, 9.17) is 0 Å². The smallest absolute Gasteiger partial charge is 0.137 e. The maximum Gasteiger partial charge on any atom is 0.137 e. The third kappa shape index (κ3) is 2.65. The van der Waals surface area contributed by atoms with E-state index in [0.717, 1.165) is 35.5 Å². The summed E-state index contributed by atoms with van der Waals surface area (Å²) in [6.07, 6.45) is 6.35. The molecule has 0 bridgehead atoms. The minimum Gasteiger partial charge on any atom is -0.373 e. The topological polar surface area (TPSA) is 41.1 Å². The fourth-order valence-corrected chi connectivity index (χ4v) is 3.00. The largest absolute Gasteiger partial charge is 0.373 e. The van der Waals surface area contributed by atoms with Crippen molar-refractivity contribution in [2.24, 2.45) is 0 Å². The second-order valence-electron chi connectivity index (χ2n) is 4.34. The second kappa shape index (κ2) is 5.58. The Kier molecular flexibility index (Phi) is 4.10. The lowest BCUT2D eigenvalue weighted by Gasteiger charge is -2.33. The van der Waals surface area contributed by atoms with Crippen molar-refractivity contribution in [1.82, 2.24) is 9.97 Å². The van der Waals surface area contributed by atoms with Crippen molar-refractivity contribution < 1.29 is 0 Å². The Morgan fingerprint density at radius 2 is 2.06 bits per heavy atom. The summed E-state index contributed by atoms with van der Waals surface area (Å²) >= 11 is 1.98. The summed E-state index contributed by atoms with van der Waals surface area (Å²) in [7, 11) is 1.90. The number of thioether (sulfide) groups is 1. The van der Waals surface area contributed by atoms with Gasteiger partial charge in [-0.3, -0.25) is 0 Å². The number of rotatable bonds is 3. The lowest BCUT2D eigenvalue weighted by Crippen LogP contribution is -2.35. The zero-order chi connectivity index (χ0) is 12.3. The highest BCUT2D eigenvalue weighted by Gasteiger charge is 2.21. The standard InChI is InChI=1S/C12H20N4S/c1-9-11(13-2)14-8-15-12(9)16-6-4-10(17-3)5-7-16/h8,10H,4-7H2,1-3H3,(H,13,14,15). The first-order valence-electron chi connectivity index (χ1n) is 6.03. The Hall–Kier alpha value is -0.970. The maximum absolute atomic E-state index is 4.43. The van der Waals surface area contributed by atoms with Crippen molar-refractivity contribution >= 4 is 23.4 Å². The van der Waals surface area contributed by atoms with Gasteiger partial charge in [-0.25, -0.2) is 9.97 Å². The van der Waals surface area contributed by atoms with Crippen LogP contribution in [0.2, 0.25) is 0 Å². The van der Waals surface area contributed by atoms with E-state index in [1.165, 1.54) is 12.8 Å². The second-order valence-corrected chi connectivity index (χ2v) is 5.48. The van der Waals surface area contributed by atoms with Gasteiger partial charge in [0, 0.05) is 31.0 Å². The Labute approximate surface area is 107 Å². The summed E-state index contributed by atoms with van der Waals surface area (Å²) in [5.41, 5.74) is 1.15. The summed E-state index contributed by atoms with van der Waals surface area (Å²) in [5, 5.41) is 3.93. The number of anilines is 2. The quantitative estimate of drug-likeness (QED) is 0.893. The third-order valence-electron chi connectivity index (χ3n) is 3.37. The van der Waals surface area contributed by atoms with Crippen molar-refractivity contribution in [3.63, 3.8) is 0 Å². The Balaban J connectivity index is 2.13. The molecule has 1 N–H and O–H groups in total. The number of hydrogen-bond acceptors (Lipinski definition) is 5. The van der Waals surface area contributed by atoms with Gasteiger partial charge >= 0.3 is 0 Å². The van der Waals surface area contributed by atoms with Crippen LogP contribution >= 0.6 is 11.8 Å². The SMILES string of the molecule is CNc1ncnc(N2CCC(SC)CC2)c1C. The van der Waals surface area contributed by atoms with E-state index in [1.807, 2.05) is 18.8 Å². The Bertz CT molecular complexity index is 375. The molecule has 0 unspecified atom stereocenters. The Morgan fingerprint density at radius 3 is 2.65 bits per heavy atom. The molecule has 1 fully saturated rings. The molecule has 1 aliphatic heterocycles. The highest BCUT2D eigenvalue weighted by molar-refractivity contribution is 7.99. The molecule has 2 rings (SSSR count). The van der Waals surface area contributed by atoms with E-state index >= 15 is 0 Å². The monoisotopic (exact) mass is 252 g/mol. The van der Waals surface area contributed by atoms with Crippen molar-refractivity contribution in [1.29, 1.82) is 0 Å². The van der Waals surface area contributed by atoms with Gasteiger partial charge in [-0.05, 0) is 26.0 Å². The van der Waals surface area contributed by atoms with Crippen LogP contribution in [0.3, 0.4) is 0 Å². The summed E-state index contributed by atoms with van der Waals surface area (Å²) in [5.74, 6) is 2.02. The van der Waals surface area contributed by atoms with Crippen molar-refractivity contribution in [3.8, 4) is 0 Å². The van der Waals surface area contributed by atoms with Crippen molar-refractivity contribution in [3.05, 3.63) is 11.9 Å². The molecular formula is C12H20N4S. The van der Waals surface area contributed by atoms with Crippen LogP contribution in [0.15, 0.2) is 6.33 Å². The number of nitrogens with zero attached hydrogens (tertiary/aromatic N) is 3. The maximum atomic E-state index is 4.43. The van der Waals surface area contributed by atoms with Crippen LogP contribution in [-0.2, 0) is 0 Å². The molecule has 1 aromatic heterocycles. The van der Waals surface area contributed by atoms with Crippen molar-refractivity contribution in [2.45, 2.75) is 25.0 Å². The third-order valence-corrected chi connectivity index (χ3v) is 4.51. The fraction of sp³-hybridized carbons (Fsp3) is 0.667. The van der Waals surface area contributed by atoms with Crippen LogP contribution < -0.4 is 10.2 Å². The van der Waals surface area contributed by atoms with Gasteiger partial charge in [-0.2, -0.15) is 11.8 Å². The van der Waals surface area contributed by atoms with Gasteiger partial charge in [0.2, 0.25) is 0 Å². The van der Waals surface area contributed by atoms with Gasteiger partial charge in [0.25, 0.3) is 0 Å². The van der Waals surface area contributed by atoms with E-state index in [9.17, 15) is 0 Å². The van der Waals surface area contributed by atoms with Gasteiger partial charge in [0.1, 0.15) is 18.0 Å². The van der Waals surface area contributed by atoms with Gasteiger partial charge in [-0.1, -0.05) is 0 Å². The molecule has 0 radical (unpaired) electrons. The molecule has 0 spiro atoms. The number of aromatic nitrogens is 2. The molecule has 1 saturated heterocycles. The van der Waals surface area contributed by atoms with Crippen LogP contribution in [0.1, 0.15) is 18.4 Å². The molecule has 0 atom stereocenters. The predicted molar refractivity (Wildman–Crippen MR) is 75.1 cm³/mol. The predicted octanol–water partition coefficient (Wildman–Crippen LogP) is 2.16. The van der Waals surface area contributed by atoms with E-state index in [1.54, 1.807) is 6.33 Å². The molecule has 4 nitrogen and oxygen atoms in total. The Morgan fingerprint density at radius 1 is 1.35 bits per heavy atom. The first-order valence-corrected chi connectivity index (χ1v) is 7.32. The molecule has 0 saturated carbocycles. The zero-order valence-corrected chi connectivity index (χ0v) is 11.5. The van der Waals surface area contributed by atoms with Gasteiger partial charge < -0.3 is 10.2 Å². The van der Waals surface area contributed by atoms with Gasteiger partial charge in [-0.15, -0.1) is 0 Å². The minimum atomic E-state index is 0.817. The summed E-state index contributed by atoms with van der Waals surface area (Å²) in [6, 6.07) is 0. The average Bonchev–Trinajstić information content (AvgIpc) is 2.39. The first kappa shape index (κ1) is 12.5. The zero-order valence-electron chi connectivity index (χ0n) is 10.7. The minimum absolute atomic E-state index is 0.817. The molecular weight excluding hydrogens is 232 g/mol. The highest BCUT2D eigenvalue weighted by atomic mass is 32.2. The van der Waals surface area contributed by atoms with Crippen LogP contribution in [0, 0.1) is 6.92 Å². The first-order chi connectivity index (χ1) is 8.26. The summed E-state index contributed by atoms with van der Waals surface area (Å²) < 4.78 is 0. The van der Waals surface area contributed by atoms with Crippen LogP contribution in [0.4, 0.5) is 11.6 Å². The average molecular weight is 252 g/mol. The molecule has 0 aromatic carbocycles. The molecule has 5 heteroatoms. The molecule has 1 aliphatic rings. The van der Waals surface area contributed by atoms with Gasteiger partial charge in [0.05, 0.1) is 0 Å². The normalized spacial score (nSPS) is 17.2. The van der Waals surface area contributed by atoms with E-state index in [0.29, 0.717) is 0 Å². The number of piperidine rings is 1. The fourth-order valence-electron chi connectivity index (χ4n) is 2.32. The van der Waals surface area contributed by atoms with Crippen LogP contribution in [0.25, 0.3) is 0 Å². The number of nitrogens with one attached hydrogen (secondary N) is 1. The number of hydrogen-bond donors (Lipinski definition) is 1. The molecule has 1 aromatic rings. The molecule has 17 heavy (non-hydrogen) atoms. The summed E-state index contributed by atoms with van der Waals surface area (Å²) in [6.45, 7) is 4.29. The molecule has 0 aliphatic carbocycles. The van der Waals surface area contributed by atoms with E-state index < -0.39 is 0 Å². The molecule has 94 valence electrons. The van der Waals surface area contributed by atoms with Crippen LogP contribution in [0.5, 0.6) is 0 Å². The highest BCUT2D eigenvalue weighted by Crippen LogP contribution is 2.27. The van der Waals surface area contributed by atoms with Crippen molar-refractivity contribution in [2.75, 3.05) is 36.6 Å². The van der Waals surface area contributed by atoms with Crippen LogP contribution in [-0.4, -0.2) is 41.6 Å². The lowest BCUT2D eigenvalue weighted by molar-refractivity contribution is 0.585. The lowest BCUT2D eigenvalue weighted by atomic mass is 10.1.